The molecule has 2 heterocycles. The molecule has 2 rings (SSSR count). The van der Waals surface area contributed by atoms with E-state index in [0.29, 0.717) is 6.42 Å². The van der Waals surface area contributed by atoms with E-state index in [2.05, 4.69) is 0 Å². The summed E-state index contributed by atoms with van der Waals surface area (Å²) in [5.74, 6) is -1.41. The minimum atomic E-state index is -4.84. The van der Waals surface area contributed by atoms with E-state index in [-0.39, 0.29) is 17.7 Å². The lowest BCUT2D eigenvalue weighted by atomic mass is 9.86. The van der Waals surface area contributed by atoms with Crippen LogP contribution in [0, 0.1) is 5.41 Å². The van der Waals surface area contributed by atoms with E-state index in [0.717, 1.165) is 23.5 Å². The highest BCUT2D eigenvalue weighted by molar-refractivity contribution is 8.00. The molecule has 2 saturated heterocycles. The number of aliphatic carboxylic acids is 1. The highest BCUT2D eigenvalue weighted by atomic mass is 32.2. The van der Waals surface area contributed by atoms with Gasteiger partial charge in [0.15, 0.2) is 5.41 Å². The minimum Gasteiger partial charge on any atom is -0.481 e. The molecule has 0 aromatic heterocycles. The molecule has 8 heteroatoms. The average molecular weight is 311 g/mol. The second-order valence-electron chi connectivity index (χ2n) is 5.25. The highest BCUT2D eigenvalue weighted by Crippen LogP contribution is 2.46. The molecule has 20 heavy (non-hydrogen) atoms. The molecule has 0 radical (unpaired) electrons. The fourth-order valence-electron chi connectivity index (χ4n) is 2.66. The van der Waals surface area contributed by atoms with Crippen molar-refractivity contribution in [3.63, 3.8) is 0 Å². The lowest BCUT2D eigenvalue weighted by Gasteiger charge is -2.29. The normalized spacial score (nSPS) is 31.4. The number of alkyl halides is 3. The summed E-state index contributed by atoms with van der Waals surface area (Å²) in [6.07, 6.45) is -2.84. The summed E-state index contributed by atoms with van der Waals surface area (Å²) in [4.78, 5) is 24.3. The molecule has 4 nitrogen and oxygen atoms in total. The number of hydrogen-bond acceptors (Lipinski definition) is 3. The molecule has 1 N–H and O–H groups in total. The largest absolute Gasteiger partial charge is 0.481 e. The van der Waals surface area contributed by atoms with Crippen LogP contribution in [0.15, 0.2) is 0 Å². The molecular formula is C12H16F3NO3S. The van der Waals surface area contributed by atoms with E-state index >= 15 is 0 Å². The van der Waals surface area contributed by atoms with Gasteiger partial charge < -0.3 is 10.0 Å². The molecule has 0 aromatic carbocycles. The van der Waals surface area contributed by atoms with Gasteiger partial charge in [-0.2, -0.15) is 13.2 Å². The smallest absolute Gasteiger partial charge is 0.406 e. The van der Waals surface area contributed by atoms with Crippen molar-refractivity contribution in [3.8, 4) is 0 Å². The Balaban J connectivity index is 2.10. The van der Waals surface area contributed by atoms with Gasteiger partial charge in [0.1, 0.15) is 0 Å². The summed E-state index contributed by atoms with van der Waals surface area (Å²) < 4.78 is 39.1. The first kappa shape index (κ1) is 15.5. The lowest BCUT2D eigenvalue weighted by molar-refractivity contribution is -0.227. The second kappa shape index (κ2) is 5.46. The number of carboxylic acid groups (broad SMARTS) is 1. The highest BCUT2D eigenvalue weighted by Gasteiger charge is 2.64. The number of halogens is 3. The van der Waals surface area contributed by atoms with Crippen molar-refractivity contribution < 1.29 is 27.9 Å². The molecule has 0 aromatic rings. The molecule has 2 aliphatic rings. The Morgan fingerprint density at radius 3 is 2.45 bits per heavy atom. The van der Waals surface area contributed by atoms with E-state index < -0.39 is 30.5 Å². The van der Waals surface area contributed by atoms with E-state index in [4.69, 9.17) is 5.11 Å². The summed E-state index contributed by atoms with van der Waals surface area (Å²) in [6, 6.07) is 0. The predicted octanol–water partition coefficient (Wildman–Crippen LogP) is 2.14. The van der Waals surface area contributed by atoms with Gasteiger partial charge in [-0.3, -0.25) is 9.59 Å². The lowest BCUT2D eigenvalue weighted by Crippen LogP contribution is -2.48. The predicted molar refractivity (Wildman–Crippen MR) is 67.4 cm³/mol. The van der Waals surface area contributed by atoms with E-state index in [1.165, 1.54) is 11.8 Å². The van der Waals surface area contributed by atoms with Gasteiger partial charge in [0, 0.05) is 13.1 Å². The van der Waals surface area contributed by atoms with Crippen LogP contribution in [0.25, 0.3) is 0 Å². The van der Waals surface area contributed by atoms with Crippen molar-refractivity contribution in [1.82, 2.24) is 4.90 Å². The molecule has 0 aliphatic carbocycles. The first-order valence-electron chi connectivity index (χ1n) is 6.48. The Bertz CT molecular complexity index is 409. The number of carbonyl (C=O) groups is 2. The number of thioether (sulfide) groups is 1. The third kappa shape index (κ3) is 2.62. The zero-order chi connectivity index (χ0) is 15.0. The van der Waals surface area contributed by atoms with Crippen LogP contribution in [0.1, 0.15) is 25.7 Å². The summed E-state index contributed by atoms with van der Waals surface area (Å²) in [6.45, 7) is -0.899. The van der Waals surface area contributed by atoms with Gasteiger partial charge in [-0.1, -0.05) is 6.42 Å². The van der Waals surface area contributed by atoms with Crippen LogP contribution in [0.3, 0.4) is 0 Å². The van der Waals surface area contributed by atoms with Crippen LogP contribution in [0.4, 0.5) is 13.2 Å². The Morgan fingerprint density at radius 1 is 1.30 bits per heavy atom. The van der Waals surface area contributed by atoms with Crippen molar-refractivity contribution in [1.29, 1.82) is 0 Å². The van der Waals surface area contributed by atoms with Crippen LogP contribution in [0.2, 0.25) is 0 Å². The summed E-state index contributed by atoms with van der Waals surface area (Å²) >= 11 is 1.45. The third-order valence-electron chi connectivity index (χ3n) is 3.99. The van der Waals surface area contributed by atoms with Gasteiger partial charge in [0.2, 0.25) is 5.91 Å². The van der Waals surface area contributed by atoms with Crippen LogP contribution < -0.4 is 0 Å². The summed E-state index contributed by atoms with van der Waals surface area (Å²) in [5.41, 5.74) is -2.80. The molecule has 0 spiro atoms. The first-order valence-corrected chi connectivity index (χ1v) is 7.53. The minimum absolute atomic E-state index is 0.137. The second-order valence-corrected chi connectivity index (χ2v) is 6.56. The maximum absolute atomic E-state index is 13.0. The van der Waals surface area contributed by atoms with Gasteiger partial charge in [-0.05, 0) is 25.0 Å². The molecule has 2 atom stereocenters. The van der Waals surface area contributed by atoms with Gasteiger partial charge in [-0.15, -0.1) is 11.8 Å². The fourth-order valence-corrected chi connectivity index (χ4v) is 3.94. The van der Waals surface area contributed by atoms with Gasteiger partial charge in [0.05, 0.1) is 5.25 Å². The van der Waals surface area contributed by atoms with Gasteiger partial charge >= 0.3 is 12.1 Å². The molecular weight excluding hydrogens is 295 g/mol. The molecule has 0 saturated carbocycles. The number of hydrogen-bond donors (Lipinski definition) is 1. The average Bonchev–Trinajstić information content (AvgIpc) is 2.85. The summed E-state index contributed by atoms with van der Waals surface area (Å²) in [5, 5.41) is 8.63. The van der Waals surface area contributed by atoms with Crippen molar-refractivity contribution in [2.24, 2.45) is 5.41 Å². The Kier molecular flexibility index (Phi) is 4.22. The molecule has 2 unspecified atom stereocenters. The maximum Gasteiger partial charge on any atom is 0.406 e. The molecule has 2 fully saturated rings. The van der Waals surface area contributed by atoms with Crippen LogP contribution >= 0.6 is 11.8 Å². The number of likely N-dealkylation sites (tertiary alicyclic amines) is 1. The van der Waals surface area contributed by atoms with Crippen LogP contribution in [-0.2, 0) is 9.59 Å². The Hall–Kier alpha value is -0.920. The standard InChI is InChI=1S/C12H16F3NO3S/c13-12(14,15)11(10(18)19)4-5-16(7-11)9(17)8-3-1-2-6-20-8/h8H,1-7H2,(H,18,19). The fraction of sp³-hybridized carbons (Fsp3) is 0.833. The number of carboxylic acids is 1. The maximum atomic E-state index is 13.0. The molecule has 2 aliphatic heterocycles. The van der Waals surface area contributed by atoms with Crippen molar-refractivity contribution in [2.75, 3.05) is 18.8 Å². The number of rotatable bonds is 2. The Morgan fingerprint density at radius 2 is 2.00 bits per heavy atom. The monoisotopic (exact) mass is 311 g/mol. The Labute approximate surface area is 118 Å². The number of nitrogens with zero attached hydrogens (tertiary/aromatic N) is 1. The zero-order valence-corrected chi connectivity index (χ0v) is 11.6. The molecule has 0 bridgehead atoms. The number of carbonyl (C=O) groups excluding carboxylic acids is 1. The van der Waals surface area contributed by atoms with Crippen molar-refractivity contribution in [2.45, 2.75) is 37.1 Å². The van der Waals surface area contributed by atoms with Crippen molar-refractivity contribution in [3.05, 3.63) is 0 Å². The topological polar surface area (TPSA) is 57.6 Å². The number of amides is 1. The molecule has 1 amide bonds. The van der Waals surface area contributed by atoms with Gasteiger partial charge in [0.25, 0.3) is 0 Å². The summed E-state index contributed by atoms with van der Waals surface area (Å²) in [7, 11) is 0. The SMILES string of the molecule is O=C(C1CCCCS1)N1CCC(C(=O)O)(C(F)(F)F)C1. The quantitative estimate of drug-likeness (QED) is 0.849. The zero-order valence-electron chi connectivity index (χ0n) is 10.8. The molecule has 114 valence electrons. The van der Waals surface area contributed by atoms with E-state index in [9.17, 15) is 22.8 Å². The van der Waals surface area contributed by atoms with Crippen LogP contribution in [-0.4, -0.2) is 52.2 Å². The van der Waals surface area contributed by atoms with Crippen molar-refractivity contribution >= 4 is 23.6 Å². The van der Waals surface area contributed by atoms with Crippen LogP contribution in [0.5, 0.6) is 0 Å². The van der Waals surface area contributed by atoms with Gasteiger partial charge in [-0.25, -0.2) is 0 Å². The first-order chi connectivity index (χ1) is 9.28. The third-order valence-corrected chi connectivity index (χ3v) is 5.35. The van der Waals surface area contributed by atoms with E-state index in [1.54, 1.807) is 0 Å². The van der Waals surface area contributed by atoms with E-state index in [1.807, 2.05) is 0 Å².